The molecule has 0 bridgehead atoms. The Labute approximate surface area is 155 Å². The van der Waals surface area contributed by atoms with Gasteiger partial charge in [0.05, 0.1) is 0 Å². The Morgan fingerprint density at radius 1 is 0.846 bits per heavy atom. The largest absolute Gasteiger partial charge is 0.336 e. The SMILES string of the molecule is O=C(c1ccc(N2CCCCC2=O)cc1)N1CCN(C2CCCC2)CC1. The molecular formula is C21H29N3O2. The molecule has 2 aliphatic heterocycles. The summed E-state index contributed by atoms with van der Waals surface area (Å²) >= 11 is 0. The minimum Gasteiger partial charge on any atom is -0.336 e. The minimum atomic E-state index is 0.118. The van der Waals surface area contributed by atoms with Gasteiger partial charge in [0, 0.05) is 56.4 Å². The molecule has 0 unspecified atom stereocenters. The zero-order valence-electron chi connectivity index (χ0n) is 15.5. The van der Waals surface area contributed by atoms with E-state index in [0.717, 1.165) is 62.9 Å². The van der Waals surface area contributed by atoms with Crippen molar-refractivity contribution >= 4 is 17.5 Å². The van der Waals surface area contributed by atoms with E-state index in [0.29, 0.717) is 6.42 Å². The third-order valence-electron chi connectivity index (χ3n) is 6.19. The van der Waals surface area contributed by atoms with Gasteiger partial charge in [-0.1, -0.05) is 12.8 Å². The maximum atomic E-state index is 12.8. The summed E-state index contributed by atoms with van der Waals surface area (Å²) in [7, 11) is 0. The number of piperazine rings is 1. The standard InChI is InChI=1S/C21H29N3O2/c25-20-7-3-4-12-24(20)19-10-8-17(9-11-19)21(26)23-15-13-22(14-16-23)18-5-1-2-6-18/h8-11,18H,1-7,12-16H2. The molecule has 2 heterocycles. The van der Waals surface area contributed by atoms with E-state index < -0.39 is 0 Å². The van der Waals surface area contributed by atoms with Crippen LogP contribution < -0.4 is 4.90 Å². The van der Waals surface area contributed by atoms with E-state index in [2.05, 4.69) is 4.90 Å². The third kappa shape index (κ3) is 3.63. The summed E-state index contributed by atoms with van der Waals surface area (Å²) < 4.78 is 0. The van der Waals surface area contributed by atoms with E-state index in [4.69, 9.17) is 0 Å². The van der Waals surface area contributed by atoms with Crippen LogP contribution in [0.2, 0.25) is 0 Å². The molecule has 5 heteroatoms. The molecule has 0 aromatic heterocycles. The molecular weight excluding hydrogens is 326 g/mol. The second kappa shape index (κ2) is 7.78. The fourth-order valence-electron chi connectivity index (χ4n) is 4.60. The molecule has 2 amide bonds. The van der Waals surface area contributed by atoms with Gasteiger partial charge in [-0.2, -0.15) is 0 Å². The Balaban J connectivity index is 1.35. The van der Waals surface area contributed by atoms with Crippen molar-refractivity contribution in [2.75, 3.05) is 37.6 Å². The van der Waals surface area contributed by atoms with Crippen LogP contribution in [0.4, 0.5) is 5.69 Å². The Kier molecular flexibility index (Phi) is 5.25. The van der Waals surface area contributed by atoms with Crippen LogP contribution in [0.25, 0.3) is 0 Å². The first-order valence-corrected chi connectivity index (χ1v) is 10.2. The summed E-state index contributed by atoms with van der Waals surface area (Å²) in [4.78, 5) is 31.2. The lowest BCUT2D eigenvalue weighted by Crippen LogP contribution is -2.51. The first-order chi connectivity index (χ1) is 12.7. The van der Waals surface area contributed by atoms with Crippen molar-refractivity contribution in [3.8, 4) is 0 Å². The van der Waals surface area contributed by atoms with E-state index in [1.807, 2.05) is 34.1 Å². The normalized spacial score (nSPS) is 22.8. The number of hydrogen-bond donors (Lipinski definition) is 0. The van der Waals surface area contributed by atoms with Gasteiger partial charge in [0.1, 0.15) is 0 Å². The van der Waals surface area contributed by atoms with E-state index >= 15 is 0 Å². The highest BCUT2D eigenvalue weighted by Gasteiger charge is 2.28. The fourth-order valence-corrected chi connectivity index (χ4v) is 4.60. The minimum absolute atomic E-state index is 0.118. The summed E-state index contributed by atoms with van der Waals surface area (Å²) in [6.07, 6.45) is 8.03. The molecule has 0 N–H and O–H groups in total. The van der Waals surface area contributed by atoms with E-state index in [1.54, 1.807) is 0 Å². The molecule has 26 heavy (non-hydrogen) atoms. The predicted molar refractivity (Wildman–Crippen MR) is 102 cm³/mol. The van der Waals surface area contributed by atoms with Crippen LogP contribution in [0.5, 0.6) is 0 Å². The van der Waals surface area contributed by atoms with Crippen LogP contribution >= 0.6 is 0 Å². The van der Waals surface area contributed by atoms with Gasteiger partial charge in [-0.3, -0.25) is 14.5 Å². The van der Waals surface area contributed by atoms with Crippen molar-refractivity contribution in [1.29, 1.82) is 0 Å². The predicted octanol–water partition coefficient (Wildman–Crippen LogP) is 2.90. The number of piperidine rings is 1. The summed E-state index contributed by atoms with van der Waals surface area (Å²) in [5, 5.41) is 0. The molecule has 5 nitrogen and oxygen atoms in total. The molecule has 3 aliphatic rings. The average molecular weight is 355 g/mol. The molecule has 0 atom stereocenters. The summed E-state index contributed by atoms with van der Waals surface area (Å²) in [6, 6.07) is 8.34. The Bertz CT molecular complexity index is 644. The van der Waals surface area contributed by atoms with Crippen molar-refractivity contribution in [2.45, 2.75) is 51.0 Å². The lowest BCUT2D eigenvalue weighted by atomic mass is 10.1. The molecule has 140 valence electrons. The summed E-state index contributed by atoms with van der Waals surface area (Å²) in [6.45, 7) is 4.42. The van der Waals surface area contributed by atoms with E-state index in [9.17, 15) is 9.59 Å². The highest BCUT2D eigenvalue weighted by Crippen LogP contribution is 2.25. The Morgan fingerprint density at radius 3 is 2.19 bits per heavy atom. The van der Waals surface area contributed by atoms with Crippen LogP contribution in [-0.2, 0) is 4.79 Å². The van der Waals surface area contributed by atoms with Crippen molar-refractivity contribution in [1.82, 2.24) is 9.80 Å². The second-order valence-corrected chi connectivity index (χ2v) is 7.82. The molecule has 0 radical (unpaired) electrons. The van der Waals surface area contributed by atoms with Gasteiger partial charge in [0.25, 0.3) is 5.91 Å². The maximum Gasteiger partial charge on any atom is 0.253 e. The number of nitrogens with zero attached hydrogens (tertiary/aromatic N) is 3. The summed E-state index contributed by atoms with van der Waals surface area (Å²) in [5.41, 5.74) is 1.64. The monoisotopic (exact) mass is 355 g/mol. The first-order valence-electron chi connectivity index (χ1n) is 10.2. The number of anilines is 1. The number of carbonyl (C=O) groups is 2. The second-order valence-electron chi connectivity index (χ2n) is 7.82. The van der Waals surface area contributed by atoms with Gasteiger partial charge in [0.15, 0.2) is 0 Å². The molecule has 3 fully saturated rings. The molecule has 1 aliphatic carbocycles. The maximum absolute atomic E-state index is 12.8. The molecule has 1 aromatic carbocycles. The Hall–Kier alpha value is -1.88. The summed E-state index contributed by atoms with van der Waals surface area (Å²) in [5.74, 6) is 0.311. The topological polar surface area (TPSA) is 43.9 Å². The lowest BCUT2D eigenvalue weighted by Gasteiger charge is -2.38. The molecule has 4 rings (SSSR count). The van der Waals surface area contributed by atoms with Crippen LogP contribution in [0.3, 0.4) is 0 Å². The smallest absolute Gasteiger partial charge is 0.253 e. The molecule has 1 saturated carbocycles. The first kappa shape index (κ1) is 17.5. The number of amides is 2. The number of hydrogen-bond acceptors (Lipinski definition) is 3. The van der Waals surface area contributed by atoms with Crippen LogP contribution in [0.1, 0.15) is 55.3 Å². The van der Waals surface area contributed by atoms with Gasteiger partial charge >= 0.3 is 0 Å². The highest BCUT2D eigenvalue weighted by atomic mass is 16.2. The number of rotatable bonds is 3. The quantitative estimate of drug-likeness (QED) is 0.837. The van der Waals surface area contributed by atoms with Gasteiger partial charge in [-0.15, -0.1) is 0 Å². The van der Waals surface area contributed by atoms with E-state index in [1.165, 1.54) is 25.7 Å². The molecule has 0 spiro atoms. The Morgan fingerprint density at radius 2 is 1.54 bits per heavy atom. The lowest BCUT2D eigenvalue weighted by molar-refractivity contribution is -0.119. The zero-order valence-corrected chi connectivity index (χ0v) is 15.5. The van der Waals surface area contributed by atoms with Crippen molar-refractivity contribution in [2.24, 2.45) is 0 Å². The van der Waals surface area contributed by atoms with Gasteiger partial charge in [-0.05, 0) is 49.9 Å². The average Bonchev–Trinajstić information content (AvgIpc) is 3.23. The van der Waals surface area contributed by atoms with E-state index in [-0.39, 0.29) is 11.8 Å². The highest BCUT2D eigenvalue weighted by molar-refractivity contribution is 5.97. The van der Waals surface area contributed by atoms with Crippen molar-refractivity contribution in [3.63, 3.8) is 0 Å². The van der Waals surface area contributed by atoms with Crippen LogP contribution in [0.15, 0.2) is 24.3 Å². The zero-order chi connectivity index (χ0) is 17.9. The number of carbonyl (C=O) groups excluding carboxylic acids is 2. The third-order valence-corrected chi connectivity index (χ3v) is 6.19. The van der Waals surface area contributed by atoms with Gasteiger partial charge < -0.3 is 9.80 Å². The fraction of sp³-hybridized carbons (Fsp3) is 0.619. The van der Waals surface area contributed by atoms with Crippen molar-refractivity contribution in [3.05, 3.63) is 29.8 Å². The van der Waals surface area contributed by atoms with Crippen LogP contribution in [0, 0.1) is 0 Å². The van der Waals surface area contributed by atoms with Crippen molar-refractivity contribution < 1.29 is 9.59 Å². The molecule has 2 saturated heterocycles. The molecule has 1 aromatic rings. The number of benzene rings is 1. The van der Waals surface area contributed by atoms with Gasteiger partial charge in [0.2, 0.25) is 5.91 Å². The van der Waals surface area contributed by atoms with Crippen LogP contribution in [-0.4, -0.2) is 60.4 Å². The van der Waals surface area contributed by atoms with Gasteiger partial charge in [-0.25, -0.2) is 0 Å².